The third kappa shape index (κ3) is 4.61. The molecule has 0 bridgehead atoms. The minimum atomic E-state index is -1.05. The molecule has 8 heteroatoms. The summed E-state index contributed by atoms with van der Waals surface area (Å²) < 4.78 is 10.8. The lowest BCUT2D eigenvalue weighted by Gasteiger charge is -2.38. The second-order valence-corrected chi connectivity index (χ2v) is 8.53. The summed E-state index contributed by atoms with van der Waals surface area (Å²) in [6.45, 7) is 0.369. The summed E-state index contributed by atoms with van der Waals surface area (Å²) in [6, 6.07) is 22.9. The van der Waals surface area contributed by atoms with Gasteiger partial charge in [-0.2, -0.15) is 0 Å². The molecule has 8 nitrogen and oxygen atoms in total. The largest absolute Gasteiger partial charge is 0.480 e. The summed E-state index contributed by atoms with van der Waals surface area (Å²) in [7, 11) is 0. The van der Waals surface area contributed by atoms with Gasteiger partial charge in [0.05, 0.1) is 17.4 Å². The number of nitrogens with one attached hydrogen (secondary N) is 1. The van der Waals surface area contributed by atoms with Gasteiger partial charge in [-0.3, -0.25) is 10.1 Å². The van der Waals surface area contributed by atoms with Crippen LogP contribution in [0, 0.1) is 0 Å². The third-order valence-electron chi connectivity index (χ3n) is 6.32. The number of carbonyl (C=O) groups excluding carboxylic acids is 2. The van der Waals surface area contributed by atoms with E-state index in [0.29, 0.717) is 24.3 Å². The number of carboxylic acids is 1. The highest BCUT2D eigenvalue weighted by Crippen LogP contribution is 2.44. The van der Waals surface area contributed by atoms with Crippen LogP contribution in [-0.4, -0.2) is 60.4 Å². The number of fused-ring (bicyclic) bond motifs is 3. The Morgan fingerprint density at radius 1 is 0.886 bits per heavy atom. The van der Waals surface area contributed by atoms with Crippen LogP contribution in [0.4, 0.5) is 10.5 Å². The van der Waals surface area contributed by atoms with Gasteiger partial charge in [0.1, 0.15) is 13.2 Å². The van der Waals surface area contributed by atoms with Gasteiger partial charge < -0.3 is 19.5 Å². The standard InChI is InChI=1S/C27H24N2O6/c30-25(31)16-34-17-13-29(14-17)26(32)22-11-5-6-12-24(22)28-27(33)35-15-23-20-9-3-1-7-18(20)19-8-2-4-10-21(19)23/h1-12,17,23H,13-16H2,(H,28,33)(H,30,31). The first-order valence-electron chi connectivity index (χ1n) is 11.3. The Labute approximate surface area is 202 Å². The van der Waals surface area contributed by atoms with Crippen molar-refractivity contribution < 1.29 is 29.0 Å². The first-order valence-corrected chi connectivity index (χ1v) is 11.3. The van der Waals surface area contributed by atoms with E-state index < -0.39 is 18.7 Å². The number of benzene rings is 3. The molecule has 3 aromatic rings. The number of rotatable bonds is 7. The number of anilines is 1. The molecule has 0 spiro atoms. The normalized spacial score (nSPS) is 14.6. The number of carboxylic acid groups (broad SMARTS) is 1. The summed E-state index contributed by atoms with van der Waals surface area (Å²) in [5.41, 5.74) is 5.22. The van der Waals surface area contributed by atoms with E-state index >= 15 is 0 Å². The van der Waals surface area contributed by atoms with Crippen LogP contribution in [0.2, 0.25) is 0 Å². The number of nitrogens with zero attached hydrogens (tertiary/aromatic N) is 1. The maximum atomic E-state index is 12.9. The lowest BCUT2D eigenvalue weighted by atomic mass is 9.98. The molecule has 5 rings (SSSR count). The Morgan fingerprint density at radius 3 is 2.14 bits per heavy atom. The van der Waals surface area contributed by atoms with Crippen LogP contribution in [0.5, 0.6) is 0 Å². The van der Waals surface area contributed by atoms with Gasteiger partial charge in [0.2, 0.25) is 0 Å². The molecule has 2 aliphatic rings. The monoisotopic (exact) mass is 472 g/mol. The third-order valence-corrected chi connectivity index (χ3v) is 6.32. The molecule has 1 aliphatic heterocycles. The molecule has 1 fully saturated rings. The van der Waals surface area contributed by atoms with E-state index in [1.807, 2.05) is 24.3 Å². The number of carbonyl (C=O) groups is 3. The van der Waals surface area contributed by atoms with Crippen LogP contribution in [-0.2, 0) is 14.3 Å². The van der Waals surface area contributed by atoms with Crippen LogP contribution in [0.25, 0.3) is 11.1 Å². The second kappa shape index (κ2) is 9.60. The molecule has 1 heterocycles. The molecule has 1 saturated heterocycles. The van der Waals surface area contributed by atoms with Gasteiger partial charge in [-0.05, 0) is 34.4 Å². The Hall–Kier alpha value is -4.17. The van der Waals surface area contributed by atoms with Gasteiger partial charge >= 0.3 is 12.1 Å². The summed E-state index contributed by atoms with van der Waals surface area (Å²) in [4.78, 5) is 37.8. The first-order chi connectivity index (χ1) is 17.0. The minimum Gasteiger partial charge on any atom is -0.480 e. The Bertz CT molecular complexity index is 1240. The van der Waals surface area contributed by atoms with Gasteiger partial charge in [0, 0.05) is 19.0 Å². The fourth-order valence-electron chi connectivity index (χ4n) is 4.59. The van der Waals surface area contributed by atoms with E-state index in [1.165, 1.54) is 0 Å². The lowest BCUT2D eigenvalue weighted by molar-refractivity contribution is -0.147. The molecule has 1 aliphatic carbocycles. The smallest absolute Gasteiger partial charge is 0.411 e. The molecule has 0 radical (unpaired) electrons. The van der Waals surface area contributed by atoms with Crippen molar-refractivity contribution in [2.75, 3.05) is 31.6 Å². The van der Waals surface area contributed by atoms with Crippen LogP contribution in [0.3, 0.4) is 0 Å². The van der Waals surface area contributed by atoms with Gasteiger partial charge in [0.15, 0.2) is 0 Å². The number of amides is 2. The van der Waals surface area contributed by atoms with Crippen molar-refractivity contribution >= 4 is 23.7 Å². The average Bonchev–Trinajstić information content (AvgIpc) is 3.15. The summed E-state index contributed by atoms with van der Waals surface area (Å²) in [6.07, 6.45) is -0.948. The van der Waals surface area contributed by atoms with E-state index in [-0.39, 0.29) is 24.5 Å². The van der Waals surface area contributed by atoms with Crippen LogP contribution < -0.4 is 5.32 Å². The number of ether oxygens (including phenoxy) is 2. The highest BCUT2D eigenvalue weighted by molar-refractivity contribution is 6.03. The zero-order valence-electron chi connectivity index (χ0n) is 18.8. The molecular weight excluding hydrogens is 448 g/mol. The van der Waals surface area contributed by atoms with Gasteiger partial charge in [-0.1, -0.05) is 60.7 Å². The van der Waals surface area contributed by atoms with Crippen molar-refractivity contribution in [1.82, 2.24) is 4.90 Å². The van der Waals surface area contributed by atoms with Crippen molar-refractivity contribution in [2.24, 2.45) is 0 Å². The number of para-hydroxylation sites is 1. The van der Waals surface area contributed by atoms with Gasteiger partial charge in [-0.25, -0.2) is 9.59 Å². The van der Waals surface area contributed by atoms with Crippen molar-refractivity contribution in [3.8, 4) is 11.1 Å². The summed E-state index contributed by atoms with van der Waals surface area (Å²) >= 11 is 0. The van der Waals surface area contributed by atoms with Crippen LogP contribution in [0.15, 0.2) is 72.8 Å². The molecule has 2 amide bonds. The molecular formula is C27H24N2O6. The first kappa shape index (κ1) is 22.6. The molecule has 2 N–H and O–H groups in total. The SMILES string of the molecule is O=C(O)COC1CN(C(=O)c2ccccc2NC(=O)OCC2c3ccccc3-c3ccccc32)C1. The minimum absolute atomic E-state index is 0.0613. The predicted octanol–water partition coefficient (Wildman–Crippen LogP) is 3.97. The van der Waals surface area contributed by atoms with E-state index in [0.717, 1.165) is 22.3 Å². The maximum Gasteiger partial charge on any atom is 0.411 e. The fraction of sp³-hybridized carbons (Fsp3) is 0.222. The van der Waals surface area contributed by atoms with Gasteiger partial charge in [-0.15, -0.1) is 0 Å². The van der Waals surface area contributed by atoms with E-state index in [4.69, 9.17) is 14.6 Å². The van der Waals surface area contributed by atoms with E-state index in [1.54, 1.807) is 29.2 Å². The number of likely N-dealkylation sites (tertiary alicyclic amines) is 1. The topological polar surface area (TPSA) is 105 Å². The molecule has 0 saturated carbocycles. The van der Waals surface area contributed by atoms with E-state index in [2.05, 4.69) is 29.6 Å². The highest BCUT2D eigenvalue weighted by Gasteiger charge is 2.33. The molecule has 35 heavy (non-hydrogen) atoms. The lowest BCUT2D eigenvalue weighted by Crippen LogP contribution is -2.55. The van der Waals surface area contributed by atoms with Gasteiger partial charge in [0.25, 0.3) is 5.91 Å². The van der Waals surface area contributed by atoms with Crippen LogP contribution in [0.1, 0.15) is 27.4 Å². The molecule has 178 valence electrons. The molecule has 0 aromatic heterocycles. The Morgan fingerprint density at radius 2 is 1.49 bits per heavy atom. The van der Waals surface area contributed by atoms with Crippen molar-refractivity contribution in [2.45, 2.75) is 12.0 Å². The zero-order valence-corrected chi connectivity index (χ0v) is 18.8. The average molecular weight is 472 g/mol. The highest BCUT2D eigenvalue weighted by atomic mass is 16.5. The fourth-order valence-corrected chi connectivity index (χ4v) is 4.59. The van der Waals surface area contributed by atoms with Crippen molar-refractivity contribution in [1.29, 1.82) is 0 Å². The number of hydrogen-bond acceptors (Lipinski definition) is 5. The number of aliphatic carboxylic acids is 1. The Balaban J connectivity index is 1.22. The quantitative estimate of drug-likeness (QED) is 0.539. The van der Waals surface area contributed by atoms with E-state index in [9.17, 15) is 14.4 Å². The molecule has 3 aromatic carbocycles. The summed E-state index contributed by atoms with van der Waals surface area (Å²) in [5, 5.41) is 11.4. The molecule has 0 atom stereocenters. The number of hydrogen-bond donors (Lipinski definition) is 2. The zero-order chi connectivity index (χ0) is 24.4. The van der Waals surface area contributed by atoms with Crippen molar-refractivity contribution in [3.63, 3.8) is 0 Å². The summed E-state index contributed by atoms with van der Waals surface area (Å²) in [5.74, 6) is -1.38. The Kier molecular flexibility index (Phi) is 6.20. The predicted molar refractivity (Wildman–Crippen MR) is 128 cm³/mol. The van der Waals surface area contributed by atoms with Crippen LogP contribution >= 0.6 is 0 Å². The molecule has 0 unspecified atom stereocenters. The second-order valence-electron chi connectivity index (χ2n) is 8.53. The van der Waals surface area contributed by atoms with Crippen molar-refractivity contribution in [3.05, 3.63) is 89.5 Å². The maximum absolute atomic E-state index is 12.9.